The highest BCUT2D eigenvalue weighted by atomic mass is 35.5. The molecule has 0 atom stereocenters. The van der Waals surface area contributed by atoms with Gasteiger partial charge in [-0.2, -0.15) is 0 Å². The predicted octanol–water partition coefficient (Wildman–Crippen LogP) is 5.78. The molecule has 2 rings (SSSR count). The number of anilines is 1. The van der Waals surface area contributed by atoms with E-state index in [1.165, 1.54) is 0 Å². The van der Waals surface area contributed by atoms with E-state index in [1.54, 1.807) is 25.3 Å². The van der Waals surface area contributed by atoms with E-state index in [4.69, 9.17) is 16.3 Å². The zero-order chi connectivity index (χ0) is 18.6. The lowest BCUT2D eigenvalue weighted by Gasteiger charge is -2.20. The molecule has 0 saturated heterocycles. The lowest BCUT2D eigenvalue weighted by atomic mass is 9.92. The van der Waals surface area contributed by atoms with Crippen molar-refractivity contribution in [3.8, 4) is 5.75 Å². The molecule has 2 aromatic rings. The molecule has 0 unspecified atom stereocenters. The maximum Gasteiger partial charge on any atom is 0.228 e. The van der Waals surface area contributed by atoms with Gasteiger partial charge in [0.15, 0.2) is 0 Å². The average molecular weight is 360 g/mol. The molecule has 2 aromatic carbocycles. The molecule has 25 heavy (non-hydrogen) atoms. The second-order valence-corrected chi connectivity index (χ2v) is 7.24. The average Bonchev–Trinajstić information content (AvgIpc) is 2.54. The molecule has 0 saturated carbocycles. The smallest absolute Gasteiger partial charge is 0.228 e. The monoisotopic (exact) mass is 359 g/mol. The van der Waals surface area contributed by atoms with Gasteiger partial charge in [-0.25, -0.2) is 0 Å². The molecule has 0 fully saturated rings. The number of ether oxygens (including phenoxy) is 1. The summed E-state index contributed by atoms with van der Waals surface area (Å²) in [5.74, 6) is 1.25. The summed E-state index contributed by atoms with van der Waals surface area (Å²) in [5, 5.41) is 3.72. The molecule has 0 aliphatic carbocycles. The number of rotatable bonds is 6. The predicted molar refractivity (Wildman–Crippen MR) is 105 cm³/mol. The number of carbonyl (C=O) groups excluding carboxylic acids is 1. The highest BCUT2D eigenvalue weighted by Crippen LogP contribution is 2.32. The van der Waals surface area contributed by atoms with Crippen molar-refractivity contribution in [2.45, 2.75) is 46.0 Å². The largest absolute Gasteiger partial charge is 0.496 e. The van der Waals surface area contributed by atoms with Gasteiger partial charge < -0.3 is 10.1 Å². The topological polar surface area (TPSA) is 38.3 Å². The summed E-state index contributed by atoms with van der Waals surface area (Å²) in [6, 6.07) is 11.5. The third kappa shape index (κ3) is 4.76. The van der Waals surface area contributed by atoms with Crippen molar-refractivity contribution in [2.75, 3.05) is 12.4 Å². The number of nitrogens with one attached hydrogen (secondary N) is 1. The first kappa shape index (κ1) is 19.3. The molecule has 134 valence electrons. The highest BCUT2D eigenvalue weighted by Gasteiger charge is 2.17. The van der Waals surface area contributed by atoms with E-state index < -0.39 is 0 Å². The Balaban J connectivity index is 2.31. The van der Waals surface area contributed by atoms with Crippen LogP contribution >= 0.6 is 11.6 Å². The van der Waals surface area contributed by atoms with Gasteiger partial charge in [-0.05, 0) is 41.2 Å². The third-order valence-corrected chi connectivity index (χ3v) is 4.47. The Morgan fingerprint density at radius 2 is 1.68 bits per heavy atom. The Kier molecular flexibility index (Phi) is 6.49. The van der Waals surface area contributed by atoms with Crippen molar-refractivity contribution in [1.82, 2.24) is 0 Å². The number of methoxy groups -OCH3 is 1. The fourth-order valence-corrected chi connectivity index (χ4v) is 3.13. The highest BCUT2D eigenvalue weighted by molar-refractivity contribution is 6.30. The standard InChI is InChI=1S/C21H26ClNO2/c1-13(2)17-7-6-8-18(14(3)4)21(17)23-20(24)12-15-11-16(22)9-10-19(15)25-5/h6-11,13-14H,12H2,1-5H3,(H,23,24). The molecule has 1 N–H and O–H groups in total. The molecule has 4 heteroatoms. The van der Waals surface area contributed by atoms with Gasteiger partial charge in [0, 0.05) is 16.3 Å². The summed E-state index contributed by atoms with van der Waals surface area (Å²) >= 11 is 6.06. The molecule has 0 aromatic heterocycles. The molecule has 0 radical (unpaired) electrons. The van der Waals surface area contributed by atoms with Crippen LogP contribution in [0.25, 0.3) is 0 Å². The number of amides is 1. The SMILES string of the molecule is COc1ccc(Cl)cc1CC(=O)Nc1c(C(C)C)cccc1C(C)C. The van der Waals surface area contributed by atoms with Crippen LogP contribution in [0.4, 0.5) is 5.69 Å². The molecule has 0 bridgehead atoms. The molecule has 0 heterocycles. The van der Waals surface area contributed by atoms with Crippen molar-refractivity contribution in [2.24, 2.45) is 0 Å². The van der Waals surface area contributed by atoms with Gasteiger partial charge in [0.05, 0.1) is 13.5 Å². The van der Waals surface area contributed by atoms with Gasteiger partial charge in [-0.15, -0.1) is 0 Å². The Morgan fingerprint density at radius 1 is 1.08 bits per heavy atom. The molecular formula is C21H26ClNO2. The quantitative estimate of drug-likeness (QED) is 0.710. The summed E-state index contributed by atoms with van der Waals surface area (Å²) in [6.07, 6.45) is 0.216. The maximum absolute atomic E-state index is 12.7. The first-order chi connectivity index (χ1) is 11.8. The number of carbonyl (C=O) groups is 1. The summed E-state index contributed by atoms with van der Waals surface area (Å²) < 4.78 is 5.34. The van der Waals surface area contributed by atoms with Crippen LogP contribution in [0, 0.1) is 0 Å². The minimum absolute atomic E-state index is 0.0735. The Morgan fingerprint density at radius 3 is 2.20 bits per heavy atom. The van der Waals surface area contributed by atoms with E-state index in [0.29, 0.717) is 22.6 Å². The van der Waals surface area contributed by atoms with Crippen LogP contribution < -0.4 is 10.1 Å². The van der Waals surface area contributed by atoms with Crippen molar-refractivity contribution in [3.05, 3.63) is 58.1 Å². The van der Waals surface area contributed by atoms with Crippen LogP contribution in [0.15, 0.2) is 36.4 Å². The van der Waals surface area contributed by atoms with Crippen LogP contribution in [0.3, 0.4) is 0 Å². The van der Waals surface area contributed by atoms with Gasteiger partial charge in [0.1, 0.15) is 5.75 Å². The van der Waals surface area contributed by atoms with Crippen LogP contribution in [0.1, 0.15) is 56.2 Å². The van der Waals surface area contributed by atoms with E-state index in [0.717, 1.165) is 22.4 Å². The van der Waals surface area contributed by atoms with Gasteiger partial charge in [0.25, 0.3) is 0 Å². The van der Waals surface area contributed by atoms with Gasteiger partial charge in [-0.1, -0.05) is 57.5 Å². The lowest BCUT2D eigenvalue weighted by Crippen LogP contribution is -2.18. The number of benzene rings is 2. The van der Waals surface area contributed by atoms with Crippen molar-refractivity contribution in [3.63, 3.8) is 0 Å². The third-order valence-electron chi connectivity index (χ3n) is 4.23. The lowest BCUT2D eigenvalue weighted by molar-refractivity contribution is -0.115. The summed E-state index contributed by atoms with van der Waals surface area (Å²) in [5.41, 5.74) is 4.01. The molecule has 3 nitrogen and oxygen atoms in total. The van der Waals surface area contributed by atoms with E-state index in [2.05, 4.69) is 51.2 Å². The second-order valence-electron chi connectivity index (χ2n) is 6.80. The fourth-order valence-electron chi connectivity index (χ4n) is 2.94. The zero-order valence-electron chi connectivity index (χ0n) is 15.5. The molecule has 0 aliphatic rings. The Hall–Kier alpha value is -2.00. The van der Waals surface area contributed by atoms with Crippen LogP contribution in [-0.2, 0) is 11.2 Å². The van der Waals surface area contributed by atoms with E-state index >= 15 is 0 Å². The minimum atomic E-state index is -0.0735. The van der Waals surface area contributed by atoms with Crippen LogP contribution in [-0.4, -0.2) is 13.0 Å². The van der Waals surface area contributed by atoms with Crippen molar-refractivity contribution in [1.29, 1.82) is 0 Å². The minimum Gasteiger partial charge on any atom is -0.496 e. The first-order valence-electron chi connectivity index (χ1n) is 8.58. The summed E-state index contributed by atoms with van der Waals surface area (Å²) in [4.78, 5) is 12.7. The zero-order valence-corrected chi connectivity index (χ0v) is 16.3. The van der Waals surface area contributed by atoms with Crippen molar-refractivity contribution >= 4 is 23.2 Å². The first-order valence-corrected chi connectivity index (χ1v) is 8.96. The summed E-state index contributed by atoms with van der Waals surface area (Å²) in [6.45, 7) is 8.54. The Labute approximate surface area is 155 Å². The maximum atomic E-state index is 12.7. The van der Waals surface area contributed by atoms with Crippen LogP contribution in [0.2, 0.25) is 5.02 Å². The van der Waals surface area contributed by atoms with Gasteiger partial charge in [0.2, 0.25) is 5.91 Å². The Bertz CT molecular complexity index is 727. The van der Waals surface area contributed by atoms with E-state index in [1.807, 2.05) is 0 Å². The van der Waals surface area contributed by atoms with E-state index in [9.17, 15) is 4.79 Å². The number of para-hydroxylation sites is 1. The van der Waals surface area contributed by atoms with Gasteiger partial charge >= 0.3 is 0 Å². The second kappa shape index (κ2) is 8.39. The van der Waals surface area contributed by atoms with Gasteiger partial charge in [-0.3, -0.25) is 4.79 Å². The molecule has 0 aliphatic heterocycles. The number of hydrogen-bond donors (Lipinski definition) is 1. The number of hydrogen-bond acceptors (Lipinski definition) is 2. The summed E-state index contributed by atoms with van der Waals surface area (Å²) in [7, 11) is 1.59. The van der Waals surface area contributed by atoms with Crippen molar-refractivity contribution < 1.29 is 9.53 Å². The fraction of sp³-hybridized carbons (Fsp3) is 0.381. The molecule has 1 amide bonds. The normalized spacial score (nSPS) is 11.0. The van der Waals surface area contributed by atoms with Crippen LogP contribution in [0.5, 0.6) is 5.75 Å². The van der Waals surface area contributed by atoms with E-state index in [-0.39, 0.29) is 12.3 Å². The molecule has 0 spiro atoms. The number of halogens is 1. The molecular weight excluding hydrogens is 334 g/mol.